The van der Waals surface area contributed by atoms with Crippen molar-refractivity contribution in [3.8, 4) is 0 Å². The largest absolute Gasteiger partial charge is 0.345 e. The highest BCUT2D eigenvalue weighted by Crippen LogP contribution is 2.13. The first-order valence-electron chi connectivity index (χ1n) is 7.56. The predicted molar refractivity (Wildman–Crippen MR) is 84.3 cm³/mol. The maximum Gasteiger partial charge on any atom is 0.225 e. The van der Waals surface area contributed by atoms with Gasteiger partial charge in [-0.1, -0.05) is 32.9 Å². The Kier molecular flexibility index (Phi) is 6.82. The van der Waals surface area contributed by atoms with E-state index in [1.165, 1.54) is 12.1 Å². The molecule has 0 aliphatic heterocycles. The van der Waals surface area contributed by atoms with Gasteiger partial charge in [-0.2, -0.15) is 0 Å². The van der Waals surface area contributed by atoms with Crippen molar-refractivity contribution in [1.29, 1.82) is 0 Å². The van der Waals surface area contributed by atoms with Crippen molar-refractivity contribution in [2.45, 2.75) is 39.7 Å². The lowest BCUT2D eigenvalue weighted by Crippen LogP contribution is -2.37. The third-order valence-corrected chi connectivity index (χ3v) is 3.88. The van der Waals surface area contributed by atoms with Crippen LogP contribution >= 0.6 is 0 Å². The highest BCUT2D eigenvalue weighted by molar-refractivity contribution is 5.78. The molecule has 0 aliphatic rings. The molecular weight excluding hydrogens is 267 g/mol. The first kappa shape index (κ1) is 17.6. The average Bonchev–Trinajstić information content (AvgIpc) is 2.43. The van der Waals surface area contributed by atoms with Crippen molar-refractivity contribution in [3.63, 3.8) is 0 Å². The first-order valence-corrected chi connectivity index (χ1v) is 7.56. The van der Waals surface area contributed by atoms with E-state index in [-0.39, 0.29) is 23.7 Å². The molecule has 0 radical (unpaired) electrons. The molecule has 0 aliphatic carbocycles. The number of carbonyl (C=O) groups is 1. The SMILES string of the molecule is CC(Cc1cccc(F)c1)C(=O)N(C)CCC(N)C(C)C. The number of rotatable bonds is 7. The second-order valence-electron chi connectivity index (χ2n) is 6.19. The quantitative estimate of drug-likeness (QED) is 0.840. The Morgan fingerprint density at radius 3 is 2.57 bits per heavy atom. The van der Waals surface area contributed by atoms with Gasteiger partial charge in [-0.15, -0.1) is 0 Å². The van der Waals surface area contributed by atoms with Crippen LogP contribution in [0.25, 0.3) is 0 Å². The molecule has 1 aromatic rings. The highest BCUT2D eigenvalue weighted by atomic mass is 19.1. The predicted octanol–water partition coefficient (Wildman–Crippen LogP) is 2.84. The number of carbonyl (C=O) groups excluding carboxylic acids is 1. The maximum absolute atomic E-state index is 13.2. The standard InChI is InChI=1S/C17H27FN2O/c1-12(2)16(19)8-9-20(4)17(21)13(3)10-14-6-5-7-15(18)11-14/h5-7,11-13,16H,8-10,19H2,1-4H3. The number of hydrogen-bond acceptors (Lipinski definition) is 2. The molecule has 21 heavy (non-hydrogen) atoms. The molecule has 2 atom stereocenters. The summed E-state index contributed by atoms with van der Waals surface area (Å²) in [6, 6.07) is 6.53. The summed E-state index contributed by atoms with van der Waals surface area (Å²) in [7, 11) is 1.80. The summed E-state index contributed by atoms with van der Waals surface area (Å²) in [5, 5.41) is 0. The van der Waals surface area contributed by atoms with Crippen LogP contribution in [0.5, 0.6) is 0 Å². The van der Waals surface area contributed by atoms with Crippen LogP contribution in [0.1, 0.15) is 32.8 Å². The molecular formula is C17H27FN2O. The van der Waals surface area contributed by atoms with Crippen molar-refractivity contribution < 1.29 is 9.18 Å². The van der Waals surface area contributed by atoms with Crippen molar-refractivity contribution in [1.82, 2.24) is 4.90 Å². The molecule has 1 amide bonds. The number of nitrogens with zero attached hydrogens (tertiary/aromatic N) is 1. The van der Waals surface area contributed by atoms with Crippen molar-refractivity contribution >= 4 is 5.91 Å². The average molecular weight is 294 g/mol. The molecule has 0 spiro atoms. The highest BCUT2D eigenvalue weighted by Gasteiger charge is 2.19. The normalized spacial score (nSPS) is 14.0. The first-order chi connectivity index (χ1) is 9.81. The smallest absolute Gasteiger partial charge is 0.225 e. The van der Waals surface area contributed by atoms with E-state index in [9.17, 15) is 9.18 Å². The fourth-order valence-corrected chi connectivity index (χ4v) is 2.27. The Bertz CT molecular complexity index is 462. The van der Waals surface area contributed by atoms with Crippen LogP contribution in [0, 0.1) is 17.7 Å². The number of benzene rings is 1. The summed E-state index contributed by atoms with van der Waals surface area (Å²) in [4.78, 5) is 14.0. The third kappa shape index (κ3) is 5.84. The van der Waals surface area contributed by atoms with E-state index in [2.05, 4.69) is 13.8 Å². The van der Waals surface area contributed by atoms with Crippen molar-refractivity contribution in [2.75, 3.05) is 13.6 Å². The Balaban J connectivity index is 2.49. The van der Waals surface area contributed by atoms with E-state index in [1.54, 1.807) is 18.0 Å². The molecule has 4 heteroatoms. The lowest BCUT2D eigenvalue weighted by Gasteiger charge is -2.24. The molecule has 0 aromatic heterocycles. The van der Waals surface area contributed by atoms with E-state index in [0.717, 1.165) is 12.0 Å². The molecule has 1 rings (SSSR count). The minimum Gasteiger partial charge on any atom is -0.345 e. The summed E-state index contributed by atoms with van der Waals surface area (Å²) in [6.45, 7) is 6.70. The molecule has 118 valence electrons. The van der Waals surface area contributed by atoms with Crippen molar-refractivity contribution in [3.05, 3.63) is 35.6 Å². The summed E-state index contributed by atoms with van der Waals surface area (Å²) >= 11 is 0. The van der Waals surface area contributed by atoms with Crippen LogP contribution < -0.4 is 5.73 Å². The van der Waals surface area contributed by atoms with Gasteiger partial charge in [0.25, 0.3) is 0 Å². The number of nitrogens with two attached hydrogens (primary N) is 1. The lowest BCUT2D eigenvalue weighted by molar-refractivity contribution is -0.133. The van der Waals surface area contributed by atoms with Gasteiger partial charge in [0.2, 0.25) is 5.91 Å². The van der Waals surface area contributed by atoms with Gasteiger partial charge in [-0.25, -0.2) is 4.39 Å². The van der Waals surface area contributed by atoms with Crippen LogP contribution in [-0.4, -0.2) is 30.4 Å². The summed E-state index contributed by atoms with van der Waals surface area (Å²) in [5.41, 5.74) is 6.85. The summed E-state index contributed by atoms with van der Waals surface area (Å²) in [5.74, 6) is 0.0731. The number of amides is 1. The molecule has 0 saturated carbocycles. The lowest BCUT2D eigenvalue weighted by atomic mass is 9.99. The van der Waals surface area contributed by atoms with E-state index >= 15 is 0 Å². The molecule has 0 bridgehead atoms. The Morgan fingerprint density at radius 2 is 2.00 bits per heavy atom. The van der Waals surface area contributed by atoms with Gasteiger partial charge >= 0.3 is 0 Å². The van der Waals surface area contributed by atoms with Crippen LogP contribution in [-0.2, 0) is 11.2 Å². The Labute approximate surface area is 127 Å². The monoisotopic (exact) mass is 294 g/mol. The minimum atomic E-state index is -0.261. The van der Waals surface area contributed by atoms with E-state index < -0.39 is 0 Å². The van der Waals surface area contributed by atoms with Gasteiger partial charge in [0.1, 0.15) is 5.82 Å². The zero-order valence-corrected chi connectivity index (χ0v) is 13.5. The van der Waals surface area contributed by atoms with Gasteiger partial charge in [0.15, 0.2) is 0 Å². The third-order valence-electron chi connectivity index (χ3n) is 3.88. The van der Waals surface area contributed by atoms with Gasteiger partial charge in [-0.05, 0) is 36.5 Å². The summed E-state index contributed by atoms with van der Waals surface area (Å²) < 4.78 is 13.2. The van der Waals surface area contributed by atoms with E-state index in [4.69, 9.17) is 5.73 Å². The minimum absolute atomic E-state index is 0.0789. The molecule has 0 fully saturated rings. The molecule has 2 N–H and O–H groups in total. The fraction of sp³-hybridized carbons (Fsp3) is 0.588. The Hall–Kier alpha value is -1.42. The molecule has 2 unspecified atom stereocenters. The zero-order valence-electron chi connectivity index (χ0n) is 13.5. The van der Waals surface area contributed by atoms with E-state index in [0.29, 0.717) is 18.9 Å². The molecule has 1 aromatic carbocycles. The molecule has 3 nitrogen and oxygen atoms in total. The molecule has 0 saturated heterocycles. The summed E-state index contributed by atoms with van der Waals surface area (Å²) in [6.07, 6.45) is 1.35. The van der Waals surface area contributed by atoms with Crippen LogP contribution in [0.2, 0.25) is 0 Å². The fourth-order valence-electron chi connectivity index (χ4n) is 2.27. The van der Waals surface area contributed by atoms with Crippen LogP contribution in [0.4, 0.5) is 4.39 Å². The van der Waals surface area contributed by atoms with Crippen LogP contribution in [0.15, 0.2) is 24.3 Å². The van der Waals surface area contributed by atoms with Crippen LogP contribution in [0.3, 0.4) is 0 Å². The molecule has 0 heterocycles. The maximum atomic E-state index is 13.2. The van der Waals surface area contributed by atoms with Crippen molar-refractivity contribution in [2.24, 2.45) is 17.6 Å². The van der Waals surface area contributed by atoms with Gasteiger partial charge in [0, 0.05) is 25.6 Å². The number of hydrogen-bond donors (Lipinski definition) is 1. The Morgan fingerprint density at radius 1 is 1.33 bits per heavy atom. The second-order valence-corrected chi connectivity index (χ2v) is 6.19. The second kappa shape index (κ2) is 8.13. The zero-order chi connectivity index (χ0) is 16.0. The number of halogens is 1. The topological polar surface area (TPSA) is 46.3 Å². The van der Waals surface area contributed by atoms with E-state index in [1.807, 2.05) is 13.0 Å². The van der Waals surface area contributed by atoms with Gasteiger partial charge in [0.05, 0.1) is 0 Å². The van der Waals surface area contributed by atoms with Gasteiger partial charge < -0.3 is 10.6 Å². The van der Waals surface area contributed by atoms with Gasteiger partial charge in [-0.3, -0.25) is 4.79 Å².